The normalized spacial score (nSPS) is 33.3. The van der Waals surface area contributed by atoms with Gasteiger partial charge in [-0.25, -0.2) is 0 Å². The molecule has 1 saturated carbocycles. The first-order valence-corrected chi connectivity index (χ1v) is 7.27. The van der Waals surface area contributed by atoms with Gasteiger partial charge < -0.3 is 15.2 Å². The molecule has 2 fully saturated rings. The molecule has 2 N–H and O–H groups in total. The van der Waals surface area contributed by atoms with Crippen LogP contribution in [0.5, 0.6) is 0 Å². The van der Waals surface area contributed by atoms with Crippen LogP contribution in [0.15, 0.2) is 0 Å². The third-order valence-electron chi connectivity index (χ3n) is 3.95. The summed E-state index contributed by atoms with van der Waals surface area (Å²) in [6, 6.07) is 0.643. The molecule has 0 amide bonds. The Balaban J connectivity index is 1.77. The average molecular weight is 256 g/mol. The molecule has 0 spiro atoms. The summed E-state index contributed by atoms with van der Waals surface area (Å²) in [4.78, 5) is 2.46. The summed E-state index contributed by atoms with van der Waals surface area (Å²) in [6.07, 6.45) is 4.18. The molecule has 1 aliphatic carbocycles. The Hall–Kier alpha value is -0.160. The first-order chi connectivity index (χ1) is 8.50. The van der Waals surface area contributed by atoms with Crippen LogP contribution < -0.4 is 5.32 Å². The molecule has 2 rings (SSSR count). The number of aliphatic hydroxyl groups is 1. The van der Waals surface area contributed by atoms with Gasteiger partial charge in [-0.3, -0.25) is 4.90 Å². The van der Waals surface area contributed by atoms with Gasteiger partial charge in [0.05, 0.1) is 18.8 Å². The summed E-state index contributed by atoms with van der Waals surface area (Å²) >= 11 is 0. The van der Waals surface area contributed by atoms with E-state index in [0.29, 0.717) is 18.2 Å². The lowest BCUT2D eigenvalue weighted by molar-refractivity contribution is -0.0700. The highest BCUT2D eigenvalue weighted by Gasteiger charge is 2.32. The number of aliphatic hydroxyl groups excluding tert-OH is 1. The minimum atomic E-state index is -0.119. The summed E-state index contributed by atoms with van der Waals surface area (Å²) in [7, 11) is 0. The minimum Gasteiger partial charge on any atom is -0.394 e. The molecule has 18 heavy (non-hydrogen) atoms. The van der Waals surface area contributed by atoms with E-state index in [-0.39, 0.29) is 12.1 Å². The number of morpholine rings is 1. The molecule has 0 bridgehead atoms. The van der Waals surface area contributed by atoms with Crippen molar-refractivity contribution in [1.29, 1.82) is 0 Å². The zero-order chi connectivity index (χ0) is 13.2. The fourth-order valence-electron chi connectivity index (χ4n) is 2.79. The van der Waals surface area contributed by atoms with Crippen LogP contribution >= 0.6 is 0 Å². The third kappa shape index (κ3) is 4.19. The summed E-state index contributed by atoms with van der Waals surface area (Å²) in [5.41, 5.74) is -0.119. The summed E-state index contributed by atoms with van der Waals surface area (Å²) in [5.74, 6) is 0. The van der Waals surface area contributed by atoms with Gasteiger partial charge in [0, 0.05) is 31.2 Å². The van der Waals surface area contributed by atoms with Gasteiger partial charge in [0.2, 0.25) is 0 Å². The van der Waals surface area contributed by atoms with Crippen LogP contribution in [0.2, 0.25) is 0 Å². The molecular formula is C14H28N2O2. The van der Waals surface area contributed by atoms with Gasteiger partial charge in [0.1, 0.15) is 0 Å². The maximum Gasteiger partial charge on any atom is 0.0678 e. The fourth-order valence-corrected chi connectivity index (χ4v) is 2.79. The van der Waals surface area contributed by atoms with Crippen molar-refractivity contribution in [2.24, 2.45) is 0 Å². The Morgan fingerprint density at radius 3 is 2.39 bits per heavy atom. The SMILES string of the molecule is C[C@@H]1CN(CCC(C)(CO)NC2CC2)C[C@H](C)O1. The van der Waals surface area contributed by atoms with Crippen LogP contribution in [0.25, 0.3) is 0 Å². The molecule has 4 nitrogen and oxygen atoms in total. The van der Waals surface area contributed by atoms with Crippen molar-refractivity contribution >= 4 is 0 Å². The van der Waals surface area contributed by atoms with Crippen molar-refractivity contribution in [2.75, 3.05) is 26.2 Å². The lowest BCUT2D eigenvalue weighted by Crippen LogP contribution is -2.51. The molecule has 1 aliphatic heterocycles. The quantitative estimate of drug-likeness (QED) is 0.744. The number of hydrogen-bond donors (Lipinski definition) is 2. The second kappa shape index (κ2) is 5.87. The van der Waals surface area contributed by atoms with Gasteiger partial charge in [-0.1, -0.05) is 0 Å². The van der Waals surface area contributed by atoms with E-state index in [4.69, 9.17) is 4.74 Å². The Labute approximate surface area is 111 Å². The second-order valence-electron chi connectivity index (χ2n) is 6.40. The standard InChI is InChI=1S/C14H28N2O2/c1-11-8-16(9-12(2)18-11)7-6-14(3,10-17)15-13-4-5-13/h11-13,15,17H,4-10H2,1-3H3/t11-,12+,14?. The molecule has 3 atom stereocenters. The first-order valence-electron chi connectivity index (χ1n) is 7.27. The van der Waals surface area contributed by atoms with E-state index in [0.717, 1.165) is 26.1 Å². The molecule has 0 aromatic heterocycles. The highest BCUT2D eigenvalue weighted by molar-refractivity contribution is 4.93. The van der Waals surface area contributed by atoms with Crippen molar-refractivity contribution in [2.45, 2.75) is 63.8 Å². The van der Waals surface area contributed by atoms with E-state index in [2.05, 4.69) is 31.0 Å². The second-order valence-corrected chi connectivity index (χ2v) is 6.40. The van der Waals surface area contributed by atoms with E-state index in [9.17, 15) is 5.11 Å². The molecule has 1 saturated heterocycles. The highest BCUT2D eigenvalue weighted by atomic mass is 16.5. The van der Waals surface area contributed by atoms with Crippen LogP contribution in [-0.4, -0.2) is 60.0 Å². The van der Waals surface area contributed by atoms with Crippen LogP contribution in [0.1, 0.15) is 40.0 Å². The van der Waals surface area contributed by atoms with Crippen LogP contribution in [0.4, 0.5) is 0 Å². The van der Waals surface area contributed by atoms with E-state index in [1.807, 2.05) is 0 Å². The van der Waals surface area contributed by atoms with Gasteiger partial charge in [-0.05, 0) is 40.0 Å². The smallest absolute Gasteiger partial charge is 0.0678 e. The van der Waals surface area contributed by atoms with Crippen LogP contribution in [0, 0.1) is 0 Å². The van der Waals surface area contributed by atoms with Gasteiger partial charge in [-0.15, -0.1) is 0 Å². The lowest BCUT2D eigenvalue weighted by atomic mass is 9.98. The van der Waals surface area contributed by atoms with E-state index >= 15 is 0 Å². The summed E-state index contributed by atoms with van der Waals surface area (Å²) in [5, 5.41) is 13.2. The van der Waals surface area contributed by atoms with E-state index < -0.39 is 0 Å². The van der Waals surface area contributed by atoms with Crippen molar-refractivity contribution in [1.82, 2.24) is 10.2 Å². The monoisotopic (exact) mass is 256 g/mol. The number of hydrogen-bond acceptors (Lipinski definition) is 4. The molecule has 1 unspecified atom stereocenters. The van der Waals surface area contributed by atoms with E-state index in [1.165, 1.54) is 12.8 Å². The lowest BCUT2D eigenvalue weighted by Gasteiger charge is -2.38. The minimum absolute atomic E-state index is 0.119. The van der Waals surface area contributed by atoms with Gasteiger partial charge in [0.15, 0.2) is 0 Å². The Morgan fingerprint density at radius 1 is 1.28 bits per heavy atom. The fraction of sp³-hybridized carbons (Fsp3) is 1.00. The predicted octanol–water partition coefficient (Wildman–Crippen LogP) is 0.989. The van der Waals surface area contributed by atoms with Gasteiger partial charge >= 0.3 is 0 Å². The van der Waals surface area contributed by atoms with Crippen molar-refractivity contribution in [3.63, 3.8) is 0 Å². The van der Waals surface area contributed by atoms with Crippen LogP contribution in [0.3, 0.4) is 0 Å². The highest BCUT2D eigenvalue weighted by Crippen LogP contribution is 2.24. The number of nitrogens with zero attached hydrogens (tertiary/aromatic N) is 1. The topological polar surface area (TPSA) is 44.7 Å². The Morgan fingerprint density at radius 2 is 1.89 bits per heavy atom. The number of ether oxygens (including phenoxy) is 1. The van der Waals surface area contributed by atoms with Gasteiger partial charge in [0.25, 0.3) is 0 Å². The van der Waals surface area contributed by atoms with Crippen LogP contribution in [-0.2, 0) is 4.74 Å². The molecule has 0 aromatic rings. The molecule has 106 valence electrons. The molecule has 4 heteroatoms. The van der Waals surface area contributed by atoms with Gasteiger partial charge in [-0.2, -0.15) is 0 Å². The molecule has 0 radical (unpaired) electrons. The molecule has 0 aromatic carbocycles. The van der Waals surface area contributed by atoms with Crippen molar-refractivity contribution in [3.05, 3.63) is 0 Å². The van der Waals surface area contributed by atoms with E-state index in [1.54, 1.807) is 0 Å². The predicted molar refractivity (Wildman–Crippen MR) is 72.7 cm³/mol. The number of nitrogens with one attached hydrogen (secondary N) is 1. The summed E-state index contributed by atoms with van der Waals surface area (Å²) in [6.45, 7) is 9.68. The Kier molecular flexibility index (Phi) is 4.64. The maximum absolute atomic E-state index is 9.59. The molecule has 1 heterocycles. The number of rotatable bonds is 6. The van der Waals surface area contributed by atoms with Crippen molar-refractivity contribution < 1.29 is 9.84 Å². The zero-order valence-corrected chi connectivity index (χ0v) is 12.0. The maximum atomic E-state index is 9.59. The molecule has 2 aliphatic rings. The third-order valence-corrected chi connectivity index (χ3v) is 3.95. The molecular weight excluding hydrogens is 228 g/mol. The van der Waals surface area contributed by atoms with Crippen molar-refractivity contribution in [3.8, 4) is 0 Å². The largest absolute Gasteiger partial charge is 0.394 e. The first kappa shape index (κ1) is 14.3. The Bertz CT molecular complexity index is 261. The summed E-state index contributed by atoms with van der Waals surface area (Å²) < 4.78 is 5.74. The zero-order valence-electron chi connectivity index (χ0n) is 12.0. The average Bonchev–Trinajstić information content (AvgIpc) is 3.09.